The Morgan fingerprint density at radius 3 is 2.73 bits per heavy atom. The standard InChI is InChI=1S/C18H17N5OS2/c1-10-11(2)26-17-15(10)16(19)21-18(22-17)25-9-14-20-13(23-24-14)8-12-6-4-3-5-7-12/h3-7H,8-9H2,1-2H3,(H2,19,21,22). The van der Waals surface area contributed by atoms with Crippen molar-refractivity contribution in [3.05, 3.63) is 58.1 Å². The van der Waals surface area contributed by atoms with Crippen molar-refractivity contribution in [1.82, 2.24) is 20.1 Å². The molecule has 6 nitrogen and oxygen atoms in total. The van der Waals surface area contributed by atoms with Crippen LogP contribution in [0.15, 0.2) is 40.0 Å². The van der Waals surface area contributed by atoms with Gasteiger partial charge in [-0.05, 0) is 25.0 Å². The quantitative estimate of drug-likeness (QED) is 0.409. The van der Waals surface area contributed by atoms with Gasteiger partial charge in [-0.3, -0.25) is 0 Å². The lowest BCUT2D eigenvalue weighted by molar-refractivity contribution is 0.385. The topological polar surface area (TPSA) is 90.7 Å². The highest BCUT2D eigenvalue weighted by atomic mass is 32.2. The van der Waals surface area contributed by atoms with E-state index in [0.29, 0.717) is 34.9 Å². The molecule has 0 atom stereocenters. The second kappa shape index (κ2) is 7.05. The molecule has 0 bridgehead atoms. The molecule has 3 heterocycles. The predicted molar refractivity (Wildman–Crippen MR) is 104 cm³/mol. The number of anilines is 1. The number of thioether (sulfide) groups is 1. The lowest BCUT2D eigenvalue weighted by atomic mass is 10.1. The molecule has 0 aliphatic carbocycles. The number of nitrogens with zero attached hydrogens (tertiary/aromatic N) is 4. The van der Waals surface area contributed by atoms with Crippen LogP contribution in [0.2, 0.25) is 0 Å². The number of fused-ring (bicyclic) bond motifs is 1. The highest BCUT2D eigenvalue weighted by molar-refractivity contribution is 7.98. The highest BCUT2D eigenvalue weighted by Crippen LogP contribution is 2.33. The number of nitrogen functional groups attached to an aromatic ring is 1. The van der Waals surface area contributed by atoms with Crippen molar-refractivity contribution in [3.63, 3.8) is 0 Å². The van der Waals surface area contributed by atoms with Gasteiger partial charge in [0.1, 0.15) is 10.6 Å². The third-order valence-corrected chi connectivity index (χ3v) is 6.01. The summed E-state index contributed by atoms with van der Waals surface area (Å²) in [5.74, 6) is 2.26. The molecule has 0 aliphatic heterocycles. The van der Waals surface area contributed by atoms with Crippen molar-refractivity contribution < 1.29 is 4.52 Å². The van der Waals surface area contributed by atoms with Crippen LogP contribution in [-0.2, 0) is 12.2 Å². The Bertz CT molecular complexity index is 1060. The van der Waals surface area contributed by atoms with Crippen LogP contribution in [0.5, 0.6) is 0 Å². The molecule has 26 heavy (non-hydrogen) atoms. The van der Waals surface area contributed by atoms with Crippen LogP contribution in [0.4, 0.5) is 5.82 Å². The maximum absolute atomic E-state index is 6.12. The second-order valence-corrected chi connectivity index (χ2v) is 8.06. The molecule has 0 amide bonds. The molecule has 0 unspecified atom stereocenters. The number of hydrogen-bond acceptors (Lipinski definition) is 8. The minimum absolute atomic E-state index is 0.510. The van der Waals surface area contributed by atoms with Crippen LogP contribution in [-0.4, -0.2) is 20.1 Å². The van der Waals surface area contributed by atoms with Crippen molar-refractivity contribution >= 4 is 39.1 Å². The van der Waals surface area contributed by atoms with E-state index in [-0.39, 0.29) is 0 Å². The van der Waals surface area contributed by atoms with Gasteiger partial charge in [0.2, 0.25) is 5.89 Å². The van der Waals surface area contributed by atoms with Gasteiger partial charge in [0.25, 0.3) is 0 Å². The summed E-state index contributed by atoms with van der Waals surface area (Å²) in [7, 11) is 0. The van der Waals surface area contributed by atoms with Crippen LogP contribution in [0, 0.1) is 13.8 Å². The normalized spacial score (nSPS) is 11.3. The molecule has 3 aromatic heterocycles. The predicted octanol–water partition coefficient (Wildman–Crippen LogP) is 4.16. The smallest absolute Gasteiger partial charge is 0.237 e. The summed E-state index contributed by atoms with van der Waals surface area (Å²) < 4.78 is 5.33. The number of benzene rings is 1. The molecule has 0 spiro atoms. The first-order chi connectivity index (χ1) is 12.6. The maximum Gasteiger partial charge on any atom is 0.237 e. The molecule has 1 aromatic carbocycles. The summed E-state index contributed by atoms with van der Waals surface area (Å²) in [5.41, 5.74) is 8.43. The summed E-state index contributed by atoms with van der Waals surface area (Å²) >= 11 is 3.08. The zero-order chi connectivity index (χ0) is 18.1. The van der Waals surface area contributed by atoms with Crippen LogP contribution in [0.1, 0.15) is 27.7 Å². The Morgan fingerprint density at radius 1 is 1.12 bits per heavy atom. The summed E-state index contributed by atoms with van der Waals surface area (Å²) in [6, 6.07) is 10.1. The van der Waals surface area contributed by atoms with Crippen molar-refractivity contribution in [2.45, 2.75) is 31.2 Å². The molecule has 0 radical (unpaired) electrons. The van der Waals surface area contributed by atoms with E-state index in [2.05, 4.69) is 27.0 Å². The Kier molecular flexibility index (Phi) is 4.60. The molecule has 4 aromatic rings. The summed E-state index contributed by atoms with van der Waals surface area (Å²) in [4.78, 5) is 15.6. The van der Waals surface area contributed by atoms with Crippen molar-refractivity contribution in [3.8, 4) is 0 Å². The van der Waals surface area contributed by atoms with E-state index in [1.165, 1.54) is 16.6 Å². The highest BCUT2D eigenvalue weighted by Gasteiger charge is 2.14. The van der Waals surface area contributed by atoms with Gasteiger partial charge >= 0.3 is 0 Å². The summed E-state index contributed by atoms with van der Waals surface area (Å²) in [5, 5.41) is 5.63. The average Bonchev–Trinajstić information content (AvgIpc) is 3.18. The Morgan fingerprint density at radius 2 is 1.92 bits per heavy atom. The van der Waals surface area contributed by atoms with Crippen LogP contribution < -0.4 is 5.73 Å². The average molecular weight is 384 g/mol. The minimum atomic E-state index is 0.510. The monoisotopic (exact) mass is 383 g/mol. The van der Waals surface area contributed by atoms with Gasteiger partial charge < -0.3 is 10.3 Å². The molecular formula is C18H17N5OS2. The third-order valence-electron chi connectivity index (χ3n) is 4.08. The van der Waals surface area contributed by atoms with Gasteiger partial charge in [-0.1, -0.05) is 47.3 Å². The molecule has 8 heteroatoms. The van der Waals surface area contributed by atoms with Crippen LogP contribution in [0.3, 0.4) is 0 Å². The van der Waals surface area contributed by atoms with Gasteiger partial charge in [-0.2, -0.15) is 4.98 Å². The Hall–Kier alpha value is -2.45. The molecule has 0 saturated heterocycles. The number of rotatable bonds is 5. The minimum Gasteiger partial charge on any atom is -0.383 e. The van der Waals surface area contributed by atoms with Crippen molar-refractivity contribution in [2.75, 3.05) is 5.73 Å². The second-order valence-electron chi connectivity index (χ2n) is 5.91. The SMILES string of the molecule is Cc1sc2nc(SCc3nc(Cc4ccccc4)no3)nc(N)c2c1C. The summed E-state index contributed by atoms with van der Waals surface area (Å²) in [6.45, 7) is 4.12. The van der Waals surface area contributed by atoms with E-state index in [4.69, 9.17) is 10.3 Å². The molecule has 0 aliphatic rings. The van der Waals surface area contributed by atoms with Gasteiger partial charge in [-0.25, -0.2) is 9.97 Å². The fraction of sp³-hybridized carbons (Fsp3) is 0.222. The van der Waals surface area contributed by atoms with Gasteiger partial charge in [0.05, 0.1) is 11.1 Å². The fourth-order valence-corrected chi connectivity index (χ4v) is 4.43. The number of thiophene rings is 1. The number of aryl methyl sites for hydroxylation is 2. The van der Waals surface area contributed by atoms with E-state index in [1.807, 2.05) is 37.3 Å². The van der Waals surface area contributed by atoms with E-state index in [9.17, 15) is 0 Å². The first kappa shape index (κ1) is 17.0. The van der Waals surface area contributed by atoms with Crippen LogP contribution >= 0.6 is 23.1 Å². The molecule has 132 valence electrons. The fourth-order valence-electron chi connectivity index (χ4n) is 2.65. The van der Waals surface area contributed by atoms with E-state index in [1.54, 1.807) is 11.3 Å². The van der Waals surface area contributed by atoms with Crippen LogP contribution in [0.25, 0.3) is 10.2 Å². The van der Waals surface area contributed by atoms with Crippen molar-refractivity contribution in [2.24, 2.45) is 0 Å². The Labute approximate surface area is 158 Å². The zero-order valence-corrected chi connectivity index (χ0v) is 16.0. The van der Waals surface area contributed by atoms with Gasteiger partial charge in [-0.15, -0.1) is 11.3 Å². The van der Waals surface area contributed by atoms with E-state index in [0.717, 1.165) is 21.3 Å². The molecular weight excluding hydrogens is 366 g/mol. The van der Waals surface area contributed by atoms with Gasteiger partial charge in [0.15, 0.2) is 11.0 Å². The van der Waals surface area contributed by atoms with Crippen molar-refractivity contribution in [1.29, 1.82) is 0 Å². The zero-order valence-electron chi connectivity index (χ0n) is 14.4. The van der Waals surface area contributed by atoms with E-state index >= 15 is 0 Å². The summed E-state index contributed by atoms with van der Waals surface area (Å²) in [6.07, 6.45) is 0.651. The lowest BCUT2D eigenvalue weighted by Gasteiger charge is -2.01. The number of aromatic nitrogens is 4. The third kappa shape index (κ3) is 3.42. The largest absolute Gasteiger partial charge is 0.383 e. The molecule has 0 fully saturated rings. The first-order valence-corrected chi connectivity index (χ1v) is 9.92. The lowest BCUT2D eigenvalue weighted by Crippen LogP contribution is -1.96. The molecule has 0 saturated carbocycles. The van der Waals surface area contributed by atoms with E-state index < -0.39 is 0 Å². The first-order valence-electron chi connectivity index (χ1n) is 8.11. The maximum atomic E-state index is 6.12. The Balaban J connectivity index is 1.47. The molecule has 4 rings (SSSR count). The number of nitrogens with two attached hydrogens (primary N) is 1. The molecule has 2 N–H and O–H groups in total. The number of hydrogen-bond donors (Lipinski definition) is 1. The van der Waals surface area contributed by atoms with Gasteiger partial charge in [0, 0.05) is 11.3 Å².